The van der Waals surface area contributed by atoms with Crippen molar-refractivity contribution in [3.8, 4) is 0 Å². The van der Waals surface area contributed by atoms with Crippen LogP contribution in [0.3, 0.4) is 0 Å². The minimum Gasteiger partial charge on any atom is -0.480 e. The number of carbonyl (C=O) groups is 2. The SMILES string of the molecule is CCC(C)C(NC(=O)c1sc2nc(C)oc(=O)c2c1C)C(=O)O. The number of nitrogens with zero attached hydrogens (tertiary/aromatic N) is 1. The van der Waals surface area contributed by atoms with Crippen molar-refractivity contribution < 1.29 is 19.1 Å². The average molecular weight is 338 g/mol. The molecule has 0 aliphatic carbocycles. The summed E-state index contributed by atoms with van der Waals surface area (Å²) in [4.78, 5) is 40.5. The van der Waals surface area contributed by atoms with Crippen LogP contribution in [0.1, 0.15) is 41.4 Å². The highest BCUT2D eigenvalue weighted by Gasteiger charge is 2.28. The van der Waals surface area contributed by atoms with Crippen LogP contribution in [0, 0.1) is 19.8 Å². The average Bonchev–Trinajstić information content (AvgIpc) is 2.80. The van der Waals surface area contributed by atoms with E-state index in [9.17, 15) is 19.5 Å². The lowest BCUT2D eigenvalue weighted by atomic mass is 9.99. The number of thiophene rings is 1. The number of nitrogens with one attached hydrogen (secondary N) is 1. The van der Waals surface area contributed by atoms with Gasteiger partial charge >= 0.3 is 11.6 Å². The van der Waals surface area contributed by atoms with E-state index in [1.54, 1.807) is 20.8 Å². The van der Waals surface area contributed by atoms with Crippen LogP contribution in [0.4, 0.5) is 0 Å². The van der Waals surface area contributed by atoms with Crippen LogP contribution < -0.4 is 10.9 Å². The molecular weight excluding hydrogens is 320 g/mol. The van der Waals surface area contributed by atoms with Gasteiger partial charge in [0, 0.05) is 6.92 Å². The molecule has 0 aliphatic heterocycles. The number of carboxylic acid groups (broad SMARTS) is 1. The Bertz CT molecular complexity index is 823. The summed E-state index contributed by atoms with van der Waals surface area (Å²) in [5.41, 5.74) is -0.0888. The third-order valence-corrected chi connectivity index (χ3v) is 4.99. The van der Waals surface area contributed by atoms with Crippen LogP contribution >= 0.6 is 11.3 Å². The van der Waals surface area contributed by atoms with Gasteiger partial charge in [-0.3, -0.25) is 4.79 Å². The van der Waals surface area contributed by atoms with Gasteiger partial charge in [0.05, 0.1) is 4.88 Å². The number of amides is 1. The molecule has 2 aromatic heterocycles. The Kier molecular flexibility index (Phi) is 4.84. The zero-order valence-corrected chi connectivity index (χ0v) is 14.1. The molecule has 0 radical (unpaired) electrons. The Morgan fingerprint density at radius 2 is 2.04 bits per heavy atom. The van der Waals surface area contributed by atoms with E-state index in [2.05, 4.69) is 10.3 Å². The topological polar surface area (TPSA) is 110 Å². The van der Waals surface area contributed by atoms with Crippen LogP contribution in [0.5, 0.6) is 0 Å². The molecule has 0 aliphatic rings. The lowest BCUT2D eigenvalue weighted by molar-refractivity contribution is -0.140. The molecule has 23 heavy (non-hydrogen) atoms. The predicted molar refractivity (Wildman–Crippen MR) is 86.0 cm³/mol. The maximum absolute atomic E-state index is 12.4. The molecule has 0 aromatic carbocycles. The number of hydrogen-bond donors (Lipinski definition) is 2. The van der Waals surface area contributed by atoms with Crippen molar-refractivity contribution in [2.75, 3.05) is 0 Å². The second-order valence-electron chi connectivity index (χ2n) is 5.43. The number of aliphatic carboxylic acids is 1. The van der Waals surface area contributed by atoms with Gasteiger partial charge in [-0.2, -0.15) is 0 Å². The standard InChI is InChI=1S/C15H18N2O5S/c1-5-6(2)10(14(19)20)17-12(18)11-7(3)9-13(23-11)16-8(4)22-15(9)21/h6,10H,5H2,1-4H3,(H,17,18)(H,19,20). The van der Waals surface area contributed by atoms with E-state index in [0.717, 1.165) is 11.3 Å². The zero-order valence-electron chi connectivity index (χ0n) is 13.3. The second-order valence-corrected chi connectivity index (χ2v) is 6.43. The monoisotopic (exact) mass is 338 g/mol. The molecule has 124 valence electrons. The van der Waals surface area contributed by atoms with Gasteiger partial charge < -0.3 is 14.8 Å². The van der Waals surface area contributed by atoms with Crippen molar-refractivity contribution in [2.24, 2.45) is 5.92 Å². The number of aryl methyl sites for hydroxylation is 2. The Morgan fingerprint density at radius 3 is 2.61 bits per heavy atom. The molecule has 2 atom stereocenters. The smallest absolute Gasteiger partial charge is 0.348 e. The summed E-state index contributed by atoms with van der Waals surface area (Å²) in [5, 5.41) is 12.1. The second kappa shape index (κ2) is 6.49. The summed E-state index contributed by atoms with van der Waals surface area (Å²) < 4.78 is 4.95. The quantitative estimate of drug-likeness (QED) is 0.864. The van der Waals surface area contributed by atoms with Crippen molar-refractivity contribution in [3.05, 3.63) is 26.8 Å². The molecule has 2 heterocycles. The highest BCUT2D eigenvalue weighted by atomic mass is 32.1. The van der Waals surface area contributed by atoms with E-state index < -0.39 is 23.5 Å². The summed E-state index contributed by atoms with van der Waals surface area (Å²) in [7, 11) is 0. The number of rotatable bonds is 5. The normalized spacial score (nSPS) is 13.7. The molecule has 2 aromatic rings. The molecule has 2 N–H and O–H groups in total. The van der Waals surface area contributed by atoms with Gasteiger partial charge in [0.2, 0.25) is 0 Å². The third-order valence-electron chi connectivity index (χ3n) is 3.80. The van der Waals surface area contributed by atoms with Crippen molar-refractivity contribution in [3.63, 3.8) is 0 Å². The minimum atomic E-state index is -1.08. The highest BCUT2D eigenvalue weighted by Crippen LogP contribution is 2.27. The first kappa shape index (κ1) is 17.1. The number of carboxylic acids is 1. The van der Waals surface area contributed by atoms with Gasteiger partial charge in [-0.1, -0.05) is 20.3 Å². The molecule has 7 nitrogen and oxygen atoms in total. The third kappa shape index (κ3) is 3.26. The van der Waals surface area contributed by atoms with E-state index in [1.165, 1.54) is 0 Å². The molecule has 0 spiro atoms. The number of fused-ring (bicyclic) bond motifs is 1. The van der Waals surface area contributed by atoms with Gasteiger partial charge in [0.25, 0.3) is 5.91 Å². The van der Waals surface area contributed by atoms with Crippen molar-refractivity contribution in [1.29, 1.82) is 0 Å². The van der Waals surface area contributed by atoms with Gasteiger partial charge in [0.15, 0.2) is 5.89 Å². The first-order valence-corrected chi connectivity index (χ1v) is 8.02. The predicted octanol–water partition coefficient (Wildman–Crippen LogP) is 2.10. The van der Waals surface area contributed by atoms with Crippen LogP contribution in [0.15, 0.2) is 9.21 Å². The summed E-state index contributed by atoms with van der Waals surface area (Å²) in [6, 6.07) is -0.983. The molecule has 1 amide bonds. The zero-order chi connectivity index (χ0) is 17.3. The van der Waals surface area contributed by atoms with Gasteiger partial charge in [-0.25, -0.2) is 14.6 Å². The number of carbonyl (C=O) groups excluding carboxylic acids is 1. The van der Waals surface area contributed by atoms with Crippen molar-refractivity contribution in [2.45, 2.75) is 40.2 Å². The minimum absolute atomic E-state index is 0.212. The van der Waals surface area contributed by atoms with E-state index in [4.69, 9.17) is 4.42 Å². The first-order valence-electron chi connectivity index (χ1n) is 7.20. The Balaban J connectivity index is 2.42. The summed E-state index contributed by atoms with van der Waals surface area (Å²) in [6.45, 7) is 6.80. The molecule has 0 saturated heterocycles. The van der Waals surface area contributed by atoms with Gasteiger partial charge in [-0.05, 0) is 18.4 Å². The highest BCUT2D eigenvalue weighted by molar-refractivity contribution is 7.20. The van der Waals surface area contributed by atoms with E-state index in [1.807, 2.05) is 6.92 Å². The molecular formula is C15H18N2O5S. The first-order chi connectivity index (χ1) is 10.8. The Labute approximate surface area is 136 Å². The van der Waals surface area contributed by atoms with Gasteiger partial charge in [0.1, 0.15) is 16.3 Å². The number of aromatic nitrogens is 1. The molecule has 0 bridgehead atoms. The maximum Gasteiger partial charge on any atom is 0.348 e. The fourth-order valence-electron chi connectivity index (χ4n) is 2.27. The van der Waals surface area contributed by atoms with Crippen LogP contribution in [-0.4, -0.2) is 28.0 Å². The molecule has 2 rings (SSSR count). The van der Waals surface area contributed by atoms with E-state index >= 15 is 0 Å². The largest absolute Gasteiger partial charge is 0.480 e. The Hall–Kier alpha value is -2.22. The van der Waals surface area contributed by atoms with Crippen LogP contribution in [0.25, 0.3) is 10.2 Å². The van der Waals surface area contributed by atoms with E-state index in [0.29, 0.717) is 16.8 Å². The summed E-state index contributed by atoms with van der Waals surface area (Å²) >= 11 is 1.06. The summed E-state index contributed by atoms with van der Waals surface area (Å²) in [6.07, 6.45) is 0.618. The molecule has 0 saturated carbocycles. The fourth-order valence-corrected chi connectivity index (χ4v) is 3.39. The Morgan fingerprint density at radius 1 is 1.39 bits per heavy atom. The molecule has 0 fully saturated rings. The van der Waals surface area contributed by atoms with Crippen molar-refractivity contribution >= 4 is 33.4 Å². The van der Waals surface area contributed by atoms with E-state index in [-0.39, 0.29) is 22.1 Å². The lowest BCUT2D eigenvalue weighted by Crippen LogP contribution is -2.44. The van der Waals surface area contributed by atoms with Crippen molar-refractivity contribution in [1.82, 2.24) is 10.3 Å². The lowest BCUT2D eigenvalue weighted by Gasteiger charge is -2.19. The molecule has 2 unspecified atom stereocenters. The van der Waals surface area contributed by atoms with Crippen LogP contribution in [0.2, 0.25) is 0 Å². The maximum atomic E-state index is 12.4. The molecule has 8 heteroatoms. The number of hydrogen-bond acceptors (Lipinski definition) is 6. The fraction of sp³-hybridized carbons (Fsp3) is 0.467. The van der Waals surface area contributed by atoms with Gasteiger partial charge in [-0.15, -0.1) is 11.3 Å². The van der Waals surface area contributed by atoms with Crippen LogP contribution in [-0.2, 0) is 4.79 Å². The summed E-state index contributed by atoms with van der Waals surface area (Å²) in [5.74, 6) is -1.59.